The normalized spacial score (nSPS) is 11.0. The number of carbonyl (C=O) groups is 1. The van der Waals surface area contributed by atoms with Gasteiger partial charge in [0.2, 0.25) is 0 Å². The fourth-order valence-electron chi connectivity index (χ4n) is 2.22. The smallest absolute Gasteiger partial charge is 0.337 e. The molecule has 0 saturated carbocycles. The largest absolute Gasteiger partial charge is 0.478 e. The van der Waals surface area contributed by atoms with Gasteiger partial charge in [-0.1, -0.05) is 29.8 Å². The first kappa shape index (κ1) is 15.1. The summed E-state index contributed by atoms with van der Waals surface area (Å²) in [6, 6.07) is 18.4. The van der Waals surface area contributed by atoms with Crippen molar-refractivity contribution in [3.05, 3.63) is 83.1 Å². The monoisotopic (exact) mass is 324 g/mol. The molecule has 3 rings (SSSR count). The van der Waals surface area contributed by atoms with Crippen LogP contribution in [0.2, 0.25) is 5.02 Å². The summed E-state index contributed by atoms with van der Waals surface area (Å²) in [6.07, 6.45) is 3.64. The van der Waals surface area contributed by atoms with Gasteiger partial charge in [-0.15, -0.1) is 0 Å². The summed E-state index contributed by atoms with van der Waals surface area (Å²) in [7, 11) is 0. The van der Waals surface area contributed by atoms with Crippen LogP contribution in [0, 0.1) is 0 Å². The van der Waals surface area contributed by atoms with Gasteiger partial charge in [0.15, 0.2) is 0 Å². The van der Waals surface area contributed by atoms with E-state index in [1.807, 2.05) is 53.2 Å². The summed E-state index contributed by atoms with van der Waals surface area (Å²) >= 11 is 5.86. The van der Waals surface area contributed by atoms with Crippen LogP contribution in [0.5, 0.6) is 0 Å². The van der Waals surface area contributed by atoms with Crippen LogP contribution in [0.3, 0.4) is 0 Å². The SMILES string of the molecule is O=C(O)c1cc(N=Cc2cccn2-c2ccccc2)ccc1Cl. The number of aromatic nitrogens is 1. The quantitative estimate of drug-likeness (QED) is 0.714. The number of hydrogen-bond acceptors (Lipinski definition) is 2. The Morgan fingerprint density at radius 3 is 2.61 bits per heavy atom. The van der Waals surface area contributed by atoms with Crippen molar-refractivity contribution >= 4 is 29.5 Å². The minimum absolute atomic E-state index is 0.0414. The lowest BCUT2D eigenvalue weighted by molar-refractivity contribution is 0.0697. The zero-order valence-electron chi connectivity index (χ0n) is 12.1. The van der Waals surface area contributed by atoms with Gasteiger partial charge in [0.25, 0.3) is 0 Å². The summed E-state index contributed by atoms with van der Waals surface area (Å²) in [6.45, 7) is 0. The van der Waals surface area contributed by atoms with Gasteiger partial charge in [-0.05, 0) is 42.5 Å². The molecule has 0 aliphatic carbocycles. The molecule has 1 heterocycles. The maximum atomic E-state index is 11.1. The van der Waals surface area contributed by atoms with Crippen LogP contribution in [-0.4, -0.2) is 21.9 Å². The van der Waals surface area contributed by atoms with E-state index in [0.717, 1.165) is 11.4 Å². The molecule has 0 radical (unpaired) electrons. The highest BCUT2D eigenvalue weighted by atomic mass is 35.5. The van der Waals surface area contributed by atoms with E-state index in [4.69, 9.17) is 16.7 Å². The first-order valence-corrected chi connectivity index (χ1v) is 7.32. The zero-order chi connectivity index (χ0) is 16.2. The Morgan fingerprint density at radius 2 is 1.87 bits per heavy atom. The van der Waals surface area contributed by atoms with Crippen molar-refractivity contribution in [2.24, 2.45) is 4.99 Å². The molecule has 0 saturated heterocycles. The lowest BCUT2D eigenvalue weighted by Gasteiger charge is -2.05. The van der Waals surface area contributed by atoms with Crippen LogP contribution in [0.25, 0.3) is 5.69 Å². The summed E-state index contributed by atoms with van der Waals surface area (Å²) < 4.78 is 2.00. The summed E-state index contributed by atoms with van der Waals surface area (Å²) in [5.74, 6) is -1.07. The molecule has 0 aliphatic rings. The van der Waals surface area contributed by atoms with Crippen LogP contribution in [0.4, 0.5) is 5.69 Å². The van der Waals surface area contributed by atoms with Crippen LogP contribution < -0.4 is 0 Å². The number of rotatable bonds is 4. The van der Waals surface area contributed by atoms with Crippen LogP contribution in [0.1, 0.15) is 16.1 Å². The number of aromatic carboxylic acids is 1. The third-order valence-corrected chi connectivity index (χ3v) is 3.67. The number of halogens is 1. The number of aliphatic imine (C=N–C) groups is 1. The fourth-order valence-corrected chi connectivity index (χ4v) is 2.42. The average molecular weight is 325 g/mol. The zero-order valence-corrected chi connectivity index (χ0v) is 12.8. The van der Waals surface area contributed by atoms with Crippen LogP contribution in [-0.2, 0) is 0 Å². The van der Waals surface area contributed by atoms with Crippen molar-refractivity contribution in [1.29, 1.82) is 0 Å². The van der Waals surface area contributed by atoms with E-state index >= 15 is 0 Å². The number of carboxylic acid groups (broad SMARTS) is 1. The van der Waals surface area contributed by atoms with Crippen LogP contribution >= 0.6 is 11.6 Å². The molecule has 0 spiro atoms. The Balaban J connectivity index is 1.92. The van der Waals surface area contributed by atoms with E-state index in [1.54, 1.807) is 12.3 Å². The molecular formula is C18H13ClN2O2. The predicted molar refractivity (Wildman–Crippen MR) is 91.4 cm³/mol. The van der Waals surface area contributed by atoms with Crippen molar-refractivity contribution in [2.75, 3.05) is 0 Å². The number of para-hydroxylation sites is 1. The summed E-state index contributed by atoms with van der Waals surface area (Å²) in [4.78, 5) is 15.5. The van der Waals surface area contributed by atoms with E-state index < -0.39 is 5.97 Å². The minimum Gasteiger partial charge on any atom is -0.478 e. The van der Waals surface area contributed by atoms with Gasteiger partial charge in [-0.2, -0.15) is 0 Å². The minimum atomic E-state index is -1.07. The van der Waals surface area contributed by atoms with Gasteiger partial charge in [-0.25, -0.2) is 4.79 Å². The van der Waals surface area contributed by atoms with Gasteiger partial charge in [0, 0.05) is 11.9 Å². The summed E-state index contributed by atoms with van der Waals surface area (Å²) in [5, 5.41) is 9.29. The van der Waals surface area contributed by atoms with Gasteiger partial charge in [0.1, 0.15) is 0 Å². The molecule has 0 fully saturated rings. The predicted octanol–water partition coefficient (Wildman–Crippen LogP) is 4.58. The molecular weight excluding hydrogens is 312 g/mol. The van der Waals surface area contributed by atoms with Crippen molar-refractivity contribution < 1.29 is 9.90 Å². The highest BCUT2D eigenvalue weighted by Crippen LogP contribution is 2.22. The van der Waals surface area contributed by atoms with Gasteiger partial charge in [-0.3, -0.25) is 4.99 Å². The van der Waals surface area contributed by atoms with Crippen molar-refractivity contribution in [3.63, 3.8) is 0 Å². The number of carboxylic acids is 1. The van der Waals surface area contributed by atoms with E-state index in [2.05, 4.69) is 4.99 Å². The molecule has 0 aliphatic heterocycles. The molecule has 2 aromatic carbocycles. The second kappa shape index (κ2) is 6.50. The first-order chi connectivity index (χ1) is 11.1. The molecule has 0 bridgehead atoms. The van der Waals surface area contributed by atoms with Gasteiger partial charge < -0.3 is 9.67 Å². The molecule has 114 valence electrons. The molecule has 0 amide bonds. The highest BCUT2D eigenvalue weighted by Gasteiger charge is 2.09. The van der Waals surface area contributed by atoms with Gasteiger partial charge >= 0.3 is 5.97 Å². The number of nitrogens with zero attached hydrogens (tertiary/aromatic N) is 2. The lowest BCUT2D eigenvalue weighted by Crippen LogP contribution is -1.98. The fraction of sp³-hybridized carbons (Fsp3) is 0. The Hall–Kier alpha value is -2.85. The number of hydrogen-bond donors (Lipinski definition) is 1. The van der Waals surface area contributed by atoms with E-state index in [1.165, 1.54) is 12.1 Å². The molecule has 23 heavy (non-hydrogen) atoms. The van der Waals surface area contributed by atoms with Gasteiger partial charge in [0.05, 0.1) is 28.2 Å². The van der Waals surface area contributed by atoms with E-state index in [0.29, 0.717) is 5.69 Å². The molecule has 5 heteroatoms. The van der Waals surface area contributed by atoms with E-state index in [9.17, 15) is 4.79 Å². The standard InChI is InChI=1S/C18H13ClN2O2/c19-17-9-8-13(11-16(17)18(22)23)20-12-15-7-4-10-21(15)14-5-2-1-3-6-14/h1-12H,(H,22,23). The Kier molecular flexibility index (Phi) is 4.26. The molecule has 1 aromatic heterocycles. The molecule has 0 atom stereocenters. The lowest BCUT2D eigenvalue weighted by atomic mass is 10.2. The first-order valence-electron chi connectivity index (χ1n) is 6.95. The van der Waals surface area contributed by atoms with Crippen LogP contribution in [0.15, 0.2) is 71.9 Å². The molecule has 0 unspecified atom stereocenters. The molecule has 4 nitrogen and oxygen atoms in total. The van der Waals surface area contributed by atoms with Crippen molar-refractivity contribution in [3.8, 4) is 5.69 Å². The molecule has 3 aromatic rings. The third-order valence-electron chi connectivity index (χ3n) is 3.34. The Morgan fingerprint density at radius 1 is 1.09 bits per heavy atom. The number of benzene rings is 2. The Labute approximate surface area is 138 Å². The maximum absolute atomic E-state index is 11.1. The average Bonchev–Trinajstić information content (AvgIpc) is 3.03. The highest BCUT2D eigenvalue weighted by molar-refractivity contribution is 6.33. The second-order valence-electron chi connectivity index (χ2n) is 4.87. The van der Waals surface area contributed by atoms with Crippen molar-refractivity contribution in [2.45, 2.75) is 0 Å². The van der Waals surface area contributed by atoms with E-state index in [-0.39, 0.29) is 10.6 Å². The third kappa shape index (κ3) is 3.33. The topological polar surface area (TPSA) is 54.6 Å². The molecule has 1 N–H and O–H groups in total. The summed E-state index contributed by atoms with van der Waals surface area (Å²) in [5.41, 5.74) is 2.50. The maximum Gasteiger partial charge on any atom is 0.337 e. The van der Waals surface area contributed by atoms with Crippen molar-refractivity contribution in [1.82, 2.24) is 4.57 Å². The second-order valence-corrected chi connectivity index (χ2v) is 5.27. The Bertz CT molecular complexity index is 870.